The average Bonchev–Trinajstić information content (AvgIpc) is 2.43. The van der Waals surface area contributed by atoms with Crippen LogP contribution in [0.1, 0.15) is 15.9 Å². The summed E-state index contributed by atoms with van der Waals surface area (Å²) in [5.41, 5.74) is 2.13. The summed E-state index contributed by atoms with van der Waals surface area (Å²) in [7, 11) is 1.51. The second kappa shape index (κ2) is 5.48. The topological polar surface area (TPSA) is 68.3 Å². The molecule has 0 saturated carbocycles. The summed E-state index contributed by atoms with van der Waals surface area (Å²) in [5.74, 6) is 0.0944. The normalized spacial score (nSPS) is 10.2. The van der Waals surface area contributed by atoms with Gasteiger partial charge < -0.3 is 14.8 Å². The number of carbonyl (C=O) groups is 2. The highest BCUT2D eigenvalue weighted by Gasteiger charge is 2.15. The van der Waals surface area contributed by atoms with Crippen LogP contribution in [0, 0.1) is 6.92 Å². The molecule has 0 aliphatic carbocycles. The molecule has 0 bridgehead atoms. The van der Waals surface area contributed by atoms with Crippen molar-refractivity contribution in [2.24, 2.45) is 0 Å². The number of ether oxygens (including phenoxy) is 1. The van der Waals surface area contributed by atoms with E-state index >= 15 is 0 Å². The molecular formula is C14H14N2O3. The van der Waals surface area contributed by atoms with Gasteiger partial charge >= 0.3 is 0 Å². The second-order valence-electron chi connectivity index (χ2n) is 4.10. The number of aromatic nitrogens is 1. The highest BCUT2D eigenvalue weighted by atomic mass is 16.5. The van der Waals surface area contributed by atoms with Crippen molar-refractivity contribution in [3.8, 4) is 5.75 Å². The van der Waals surface area contributed by atoms with E-state index in [1.165, 1.54) is 13.3 Å². The average molecular weight is 258 g/mol. The van der Waals surface area contributed by atoms with Gasteiger partial charge in [-0.15, -0.1) is 0 Å². The van der Waals surface area contributed by atoms with Crippen LogP contribution in [0.5, 0.6) is 5.75 Å². The highest BCUT2D eigenvalue weighted by Crippen LogP contribution is 2.28. The van der Waals surface area contributed by atoms with Gasteiger partial charge in [0.2, 0.25) is 0 Å². The first-order valence-corrected chi connectivity index (χ1v) is 5.82. The van der Waals surface area contributed by atoms with Crippen LogP contribution in [0.15, 0.2) is 24.4 Å². The van der Waals surface area contributed by atoms with Crippen molar-refractivity contribution in [1.29, 1.82) is 0 Å². The molecule has 98 valence electrons. The number of rotatable bonds is 4. The standard InChI is InChI=1S/C14H14N2O3/c1-9-3-4-12-10(7-9)13(19-2)11(8-16-12)14(18)15-5-6-17/h3-4,6-8H,5H2,1-2H3,(H,15,18). The molecule has 0 atom stereocenters. The van der Waals surface area contributed by atoms with Gasteiger partial charge in [-0.25, -0.2) is 0 Å². The molecule has 1 heterocycles. The Morgan fingerprint density at radius 2 is 2.26 bits per heavy atom. The fourth-order valence-electron chi connectivity index (χ4n) is 1.89. The van der Waals surface area contributed by atoms with E-state index in [-0.39, 0.29) is 12.5 Å². The minimum absolute atomic E-state index is 0.0339. The van der Waals surface area contributed by atoms with Gasteiger partial charge in [0.1, 0.15) is 17.6 Å². The van der Waals surface area contributed by atoms with Crippen molar-refractivity contribution < 1.29 is 14.3 Å². The highest BCUT2D eigenvalue weighted by molar-refractivity contribution is 6.02. The molecule has 0 unspecified atom stereocenters. The lowest BCUT2D eigenvalue weighted by Crippen LogP contribution is -2.25. The molecular weight excluding hydrogens is 244 g/mol. The van der Waals surface area contributed by atoms with E-state index in [2.05, 4.69) is 10.3 Å². The third-order valence-corrected chi connectivity index (χ3v) is 2.77. The number of amides is 1. The Hall–Kier alpha value is -2.43. The van der Waals surface area contributed by atoms with E-state index in [9.17, 15) is 9.59 Å². The lowest BCUT2D eigenvalue weighted by atomic mass is 10.1. The van der Waals surface area contributed by atoms with Crippen LogP contribution in [-0.2, 0) is 4.79 Å². The summed E-state index contributed by atoms with van der Waals surface area (Å²) in [6.45, 7) is 1.92. The Morgan fingerprint density at radius 3 is 2.95 bits per heavy atom. The van der Waals surface area contributed by atoms with Gasteiger partial charge in [0.05, 0.1) is 19.2 Å². The van der Waals surface area contributed by atoms with Crippen LogP contribution in [0.2, 0.25) is 0 Å². The van der Waals surface area contributed by atoms with E-state index in [1.807, 2.05) is 25.1 Å². The molecule has 5 nitrogen and oxygen atoms in total. The number of hydrogen-bond donors (Lipinski definition) is 1. The van der Waals surface area contributed by atoms with Gasteiger partial charge in [0, 0.05) is 11.6 Å². The number of fused-ring (bicyclic) bond motifs is 1. The zero-order chi connectivity index (χ0) is 13.8. The first-order chi connectivity index (χ1) is 9.17. The maximum atomic E-state index is 11.9. The number of hydrogen-bond acceptors (Lipinski definition) is 4. The van der Waals surface area contributed by atoms with Crippen molar-refractivity contribution in [1.82, 2.24) is 10.3 Å². The molecule has 0 fully saturated rings. The smallest absolute Gasteiger partial charge is 0.257 e. The number of pyridine rings is 1. The molecule has 0 saturated heterocycles. The lowest BCUT2D eigenvalue weighted by Gasteiger charge is -2.11. The van der Waals surface area contributed by atoms with Gasteiger partial charge in [0.25, 0.3) is 5.91 Å². The number of aryl methyl sites for hydroxylation is 1. The zero-order valence-corrected chi connectivity index (χ0v) is 10.8. The molecule has 0 radical (unpaired) electrons. The predicted octanol–water partition coefficient (Wildman–Crippen LogP) is 1.48. The Bertz CT molecular complexity index is 638. The minimum atomic E-state index is -0.375. The van der Waals surface area contributed by atoms with Gasteiger partial charge in [-0.2, -0.15) is 0 Å². The molecule has 0 aliphatic heterocycles. The van der Waals surface area contributed by atoms with Crippen molar-refractivity contribution in [3.05, 3.63) is 35.5 Å². The zero-order valence-electron chi connectivity index (χ0n) is 10.8. The molecule has 2 rings (SSSR count). The fourth-order valence-corrected chi connectivity index (χ4v) is 1.89. The number of benzene rings is 1. The fraction of sp³-hybridized carbons (Fsp3) is 0.214. The van der Waals surface area contributed by atoms with Crippen LogP contribution in [0.3, 0.4) is 0 Å². The quantitative estimate of drug-likeness (QED) is 0.843. The molecule has 5 heteroatoms. The van der Waals surface area contributed by atoms with E-state index in [1.54, 1.807) is 0 Å². The third kappa shape index (κ3) is 2.54. The van der Waals surface area contributed by atoms with Gasteiger partial charge in [0.15, 0.2) is 0 Å². The monoisotopic (exact) mass is 258 g/mol. The third-order valence-electron chi connectivity index (χ3n) is 2.77. The van der Waals surface area contributed by atoms with Crippen LogP contribution >= 0.6 is 0 Å². The number of nitrogens with zero attached hydrogens (tertiary/aromatic N) is 1. The summed E-state index contributed by atoms with van der Waals surface area (Å²) < 4.78 is 5.33. The SMILES string of the molecule is COc1c(C(=O)NCC=O)cnc2ccc(C)cc12. The Balaban J connectivity index is 2.55. The molecule has 1 aromatic heterocycles. The van der Waals surface area contributed by atoms with Crippen molar-refractivity contribution in [2.45, 2.75) is 6.92 Å². The Kier molecular flexibility index (Phi) is 3.75. The van der Waals surface area contributed by atoms with Crippen molar-refractivity contribution in [3.63, 3.8) is 0 Å². The molecule has 19 heavy (non-hydrogen) atoms. The van der Waals surface area contributed by atoms with Crippen LogP contribution < -0.4 is 10.1 Å². The maximum absolute atomic E-state index is 11.9. The molecule has 1 N–H and O–H groups in total. The molecule has 2 aromatic rings. The first kappa shape index (κ1) is 13.0. The number of carbonyl (C=O) groups excluding carboxylic acids is 2. The van der Waals surface area contributed by atoms with Crippen molar-refractivity contribution >= 4 is 23.1 Å². The van der Waals surface area contributed by atoms with Crippen LogP contribution in [0.25, 0.3) is 10.9 Å². The molecule has 0 aliphatic rings. The largest absolute Gasteiger partial charge is 0.495 e. The predicted molar refractivity (Wildman–Crippen MR) is 71.4 cm³/mol. The van der Waals surface area contributed by atoms with Gasteiger partial charge in [-0.05, 0) is 19.1 Å². The minimum Gasteiger partial charge on any atom is -0.495 e. The van der Waals surface area contributed by atoms with Gasteiger partial charge in [-0.1, -0.05) is 11.6 Å². The van der Waals surface area contributed by atoms with Crippen LogP contribution in [0.4, 0.5) is 0 Å². The number of aldehydes is 1. The summed E-state index contributed by atoms with van der Waals surface area (Å²) in [6, 6.07) is 5.73. The Labute approximate surface area is 110 Å². The van der Waals surface area contributed by atoms with E-state index < -0.39 is 0 Å². The van der Waals surface area contributed by atoms with E-state index in [0.717, 1.165) is 16.5 Å². The molecule has 1 aromatic carbocycles. The van der Waals surface area contributed by atoms with Gasteiger partial charge in [-0.3, -0.25) is 9.78 Å². The molecule has 0 spiro atoms. The molecule has 1 amide bonds. The number of nitrogens with one attached hydrogen (secondary N) is 1. The number of methoxy groups -OCH3 is 1. The van der Waals surface area contributed by atoms with E-state index in [4.69, 9.17) is 4.74 Å². The summed E-state index contributed by atoms with van der Waals surface area (Å²) >= 11 is 0. The Morgan fingerprint density at radius 1 is 1.47 bits per heavy atom. The second-order valence-corrected chi connectivity index (χ2v) is 4.10. The van der Waals surface area contributed by atoms with Crippen molar-refractivity contribution in [2.75, 3.05) is 13.7 Å². The van der Waals surface area contributed by atoms with Crippen LogP contribution in [-0.4, -0.2) is 30.8 Å². The summed E-state index contributed by atoms with van der Waals surface area (Å²) in [6.07, 6.45) is 2.08. The maximum Gasteiger partial charge on any atom is 0.257 e. The summed E-state index contributed by atoms with van der Waals surface area (Å²) in [4.78, 5) is 26.4. The summed E-state index contributed by atoms with van der Waals surface area (Å²) in [5, 5.41) is 3.25. The first-order valence-electron chi connectivity index (χ1n) is 5.82. The van der Waals surface area contributed by atoms with E-state index in [0.29, 0.717) is 17.6 Å². The lowest BCUT2D eigenvalue weighted by molar-refractivity contribution is -0.107.